The van der Waals surface area contributed by atoms with Gasteiger partial charge in [-0.05, 0) is 74.4 Å². The van der Waals surface area contributed by atoms with Gasteiger partial charge >= 0.3 is 0 Å². The molecule has 39 heavy (non-hydrogen) atoms. The van der Waals surface area contributed by atoms with E-state index in [4.69, 9.17) is 9.47 Å². The Morgan fingerprint density at radius 1 is 0.974 bits per heavy atom. The first-order chi connectivity index (χ1) is 18.7. The van der Waals surface area contributed by atoms with E-state index >= 15 is 0 Å². The lowest BCUT2D eigenvalue weighted by Gasteiger charge is -2.40. The molecule has 2 aromatic carbocycles. The zero-order valence-corrected chi connectivity index (χ0v) is 23.1. The summed E-state index contributed by atoms with van der Waals surface area (Å²) in [4.78, 5) is 33.6. The number of nitrogens with zero attached hydrogens (tertiary/aromatic N) is 2. The van der Waals surface area contributed by atoms with E-state index in [0.717, 1.165) is 41.5 Å². The second-order valence-electron chi connectivity index (χ2n) is 10.9. The summed E-state index contributed by atoms with van der Waals surface area (Å²) in [6.07, 6.45) is 4.02. The van der Waals surface area contributed by atoms with Crippen molar-refractivity contribution in [2.75, 3.05) is 6.54 Å². The van der Waals surface area contributed by atoms with E-state index in [1.165, 1.54) is 0 Å². The minimum absolute atomic E-state index is 0.196. The Labute approximate surface area is 230 Å². The maximum Gasteiger partial charge on any atom is 0.255 e. The molecule has 2 aliphatic heterocycles. The Balaban J connectivity index is 1.33. The Kier molecular flexibility index (Phi) is 7.56. The number of hydrogen-bond donors (Lipinski definition) is 1. The van der Waals surface area contributed by atoms with Gasteiger partial charge in [-0.3, -0.25) is 14.6 Å². The Morgan fingerprint density at radius 2 is 1.62 bits per heavy atom. The number of carbonyl (C=O) groups is 2. The molecule has 7 nitrogen and oxygen atoms in total. The van der Waals surface area contributed by atoms with Crippen LogP contribution >= 0.6 is 0 Å². The lowest BCUT2D eigenvalue weighted by atomic mass is 9.84. The molecule has 2 fully saturated rings. The van der Waals surface area contributed by atoms with Gasteiger partial charge in [0.05, 0.1) is 11.6 Å². The fraction of sp³-hybridized carbons (Fsp3) is 0.406. The van der Waals surface area contributed by atoms with Crippen LogP contribution in [0.5, 0.6) is 0 Å². The first-order valence-corrected chi connectivity index (χ1v) is 13.8. The number of aromatic nitrogens is 1. The SMILES string of the molecule is CCC1(c2ccccc2)CCCN1C(=O)[C@@H]1OC(C)(C)O[C@H]1C(=O)N[C@H](C)c1ccc(-c2ccncc2)cc1. The topological polar surface area (TPSA) is 80.8 Å². The van der Waals surface area contributed by atoms with Crippen LogP contribution in [0.15, 0.2) is 79.1 Å². The predicted molar refractivity (Wildman–Crippen MR) is 149 cm³/mol. The second-order valence-corrected chi connectivity index (χ2v) is 10.9. The number of pyridine rings is 1. The van der Waals surface area contributed by atoms with Crippen molar-refractivity contribution in [3.8, 4) is 11.1 Å². The number of nitrogens with one attached hydrogen (secondary N) is 1. The molecule has 0 saturated carbocycles. The van der Waals surface area contributed by atoms with Crippen molar-refractivity contribution in [1.82, 2.24) is 15.2 Å². The van der Waals surface area contributed by atoms with Gasteiger partial charge in [0.1, 0.15) is 0 Å². The van der Waals surface area contributed by atoms with Gasteiger partial charge in [-0.1, -0.05) is 61.5 Å². The second kappa shape index (κ2) is 10.9. The average Bonchev–Trinajstić information content (AvgIpc) is 3.55. The number of likely N-dealkylation sites (tertiary alicyclic amines) is 1. The van der Waals surface area contributed by atoms with Gasteiger partial charge in [0.25, 0.3) is 11.8 Å². The zero-order valence-electron chi connectivity index (χ0n) is 23.1. The van der Waals surface area contributed by atoms with Gasteiger partial charge in [-0.25, -0.2) is 0 Å². The molecule has 0 spiro atoms. The molecule has 1 aromatic heterocycles. The van der Waals surface area contributed by atoms with Crippen LogP contribution in [0, 0.1) is 0 Å². The number of hydrogen-bond acceptors (Lipinski definition) is 5. The van der Waals surface area contributed by atoms with Crippen LogP contribution < -0.4 is 5.32 Å². The fourth-order valence-corrected chi connectivity index (χ4v) is 5.99. The van der Waals surface area contributed by atoms with E-state index in [2.05, 4.69) is 29.4 Å². The molecular weight excluding hydrogens is 490 g/mol. The molecule has 2 saturated heterocycles. The van der Waals surface area contributed by atoms with Crippen LogP contribution in [-0.2, 0) is 24.6 Å². The summed E-state index contributed by atoms with van der Waals surface area (Å²) in [6, 6.07) is 21.9. The third-order valence-corrected chi connectivity index (χ3v) is 8.03. The summed E-state index contributed by atoms with van der Waals surface area (Å²) < 4.78 is 12.1. The number of amides is 2. The monoisotopic (exact) mass is 527 g/mol. The maximum absolute atomic E-state index is 14.1. The van der Waals surface area contributed by atoms with Crippen molar-refractivity contribution in [3.05, 3.63) is 90.3 Å². The molecule has 1 N–H and O–H groups in total. The van der Waals surface area contributed by atoms with E-state index in [-0.39, 0.29) is 17.9 Å². The minimum atomic E-state index is -1.06. The van der Waals surface area contributed by atoms with Crippen LogP contribution in [0.3, 0.4) is 0 Å². The van der Waals surface area contributed by atoms with Crippen LogP contribution in [-0.4, -0.2) is 46.2 Å². The number of rotatable bonds is 7. The molecule has 204 valence electrons. The highest BCUT2D eigenvalue weighted by Crippen LogP contribution is 2.43. The van der Waals surface area contributed by atoms with Gasteiger partial charge in [0.2, 0.25) is 0 Å². The zero-order chi connectivity index (χ0) is 27.6. The predicted octanol–water partition coefficient (Wildman–Crippen LogP) is 5.37. The molecule has 3 heterocycles. The molecule has 4 atom stereocenters. The first-order valence-electron chi connectivity index (χ1n) is 13.8. The minimum Gasteiger partial charge on any atom is -0.347 e. The summed E-state index contributed by atoms with van der Waals surface area (Å²) in [5.41, 5.74) is 3.80. The number of carbonyl (C=O) groups excluding carboxylic acids is 2. The standard InChI is InChI=1S/C32H37N3O4/c1-5-32(26-10-7-6-8-11-26)18-9-21-35(32)30(37)28-27(38-31(3,4)39-28)29(36)34-22(2)23-12-14-24(15-13-23)25-16-19-33-20-17-25/h6-8,10-17,19-20,22,27-28H,5,9,18,21H2,1-4H3,(H,34,36)/t22-,27-,28-,32?/m1/s1. The van der Waals surface area contributed by atoms with E-state index in [1.807, 2.05) is 66.4 Å². The summed E-state index contributed by atoms with van der Waals surface area (Å²) in [5.74, 6) is -1.61. The molecule has 2 amide bonds. The van der Waals surface area contributed by atoms with Gasteiger partial charge in [-0.2, -0.15) is 0 Å². The van der Waals surface area contributed by atoms with Gasteiger partial charge < -0.3 is 19.7 Å². The van der Waals surface area contributed by atoms with Crippen LogP contribution in [0.1, 0.15) is 64.1 Å². The van der Waals surface area contributed by atoms with Crippen LogP contribution in [0.2, 0.25) is 0 Å². The van der Waals surface area contributed by atoms with E-state index in [1.54, 1.807) is 26.2 Å². The summed E-state index contributed by atoms with van der Waals surface area (Å²) in [6.45, 7) is 8.15. The molecule has 2 aliphatic rings. The molecule has 7 heteroatoms. The Bertz CT molecular complexity index is 1300. The fourth-order valence-electron chi connectivity index (χ4n) is 5.99. The first kappa shape index (κ1) is 27.0. The molecule has 0 radical (unpaired) electrons. The lowest BCUT2D eigenvalue weighted by Crippen LogP contribution is -2.53. The van der Waals surface area contributed by atoms with E-state index in [9.17, 15) is 9.59 Å². The highest BCUT2D eigenvalue weighted by Gasteiger charge is 2.54. The number of ether oxygens (including phenoxy) is 2. The van der Waals surface area contributed by atoms with Crippen molar-refractivity contribution < 1.29 is 19.1 Å². The van der Waals surface area contributed by atoms with Gasteiger partial charge in [-0.15, -0.1) is 0 Å². The Hall–Kier alpha value is -3.55. The van der Waals surface area contributed by atoms with Gasteiger partial charge in [0, 0.05) is 18.9 Å². The lowest BCUT2D eigenvalue weighted by molar-refractivity contribution is -0.165. The van der Waals surface area contributed by atoms with Gasteiger partial charge in [0.15, 0.2) is 18.0 Å². The van der Waals surface area contributed by atoms with E-state index < -0.39 is 23.5 Å². The third-order valence-electron chi connectivity index (χ3n) is 8.03. The smallest absolute Gasteiger partial charge is 0.255 e. The molecule has 1 unspecified atom stereocenters. The average molecular weight is 528 g/mol. The van der Waals surface area contributed by atoms with Crippen molar-refractivity contribution in [1.29, 1.82) is 0 Å². The largest absolute Gasteiger partial charge is 0.347 e. The molecule has 3 aromatic rings. The van der Waals surface area contributed by atoms with Crippen molar-refractivity contribution in [3.63, 3.8) is 0 Å². The van der Waals surface area contributed by atoms with Crippen LogP contribution in [0.25, 0.3) is 11.1 Å². The third kappa shape index (κ3) is 5.34. The van der Waals surface area contributed by atoms with E-state index in [0.29, 0.717) is 6.54 Å². The van der Waals surface area contributed by atoms with Crippen molar-refractivity contribution in [2.45, 2.75) is 76.5 Å². The quantitative estimate of drug-likeness (QED) is 0.447. The molecular formula is C32H37N3O4. The van der Waals surface area contributed by atoms with Crippen molar-refractivity contribution >= 4 is 11.8 Å². The highest BCUT2D eigenvalue weighted by molar-refractivity contribution is 5.92. The number of benzene rings is 2. The normalized spacial score (nSPS) is 24.9. The Morgan fingerprint density at radius 3 is 2.28 bits per heavy atom. The highest BCUT2D eigenvalue weighted by atomic mass is 16.8. The van der Waals surface area contributed by atoms with Crippen LogP contribution in [0.4, 0.5) is 0 Å². The van der Waals surface area contributed by atoms with Crippen molar-refractivity contribution in [2.24, 2.45) is 0 Å². The molecule has 0 bridgehead atoms. The summed E-state index contributed by atoms with van der Waals surface area (Å²) in [7, 11) is 0. The molecule has 5 rings (SSSR count). The summed E-state index contributed by atoms with van der Waals surface area (Å²) in [5, 5.41) is 3.05. The maximum atomic E-state index is 14.1. The summed E-state index contributed by atoms with van der Waals surface area (Å²) >= 11 is 0. The molecule has 0 aliphatic carbocycles.